The average molecular weight is 371 g/mol. The van der Waals surface area contributed by atoms with Gasteiger partial charge in [-0.2, -0.15) is 0 Å². The second-order valence-corrected chi connectivity index (χ2v) is 7.90. The highest BCUT2D eigenvalue weighted by molar-refractivity contribution is 6.06. The minimum Gasteiger partial charge on any atom is -0.393 e. The zero-order valence-corrected chi connectivity index (χ0v) is 15.5. The van der Waals surface area contributed by atoms with E-state index >= 15 is 0 Å². The van der Waals surface area contributed by atoms with Gasteiger partial charge in [0, 0.05) is 32.6 Å². The Labute approximate surface area is 158 Å². The van der Waals surface area contributed by atoms with Crippen LogP contribution in [0.1, 0.15) is 31.2 Å². The Morgan fingerprint density at radius 3 is 2.37 bits per heavy atom. The summed E-state index contributed by atoms with van der Waals surface area (Å²) in [7, 11) is 1.53. The predicted molar refractivity (Wildman–Crippen MR) is 97.4 cm³/mol. The van der Waals surface area contributed by atoms with Gasteiger partial charge in [-0.25, -0.2) is 4.79 Å². The molecule has 1 saturated carbocycles. The molecule has 144 valence electrons. The summed E-state index contributed by atoms with van der Waals surface area (Å²) in [6.07, 6.45) is 1.60. The lowest BCUT2D eigenvalue weighted by molar-refractivity contribution is -0.147. The topological polar surface area (TPSA) is 81.2 Å². The number of rotatable bonds is 3. The molecular weight excluding hydrogens is 346 g/mol. The number of hydrogen-bond acceptors (Lipinski definition) is 4. The monoisotopic (exact) mass is 371 g/mol. The van der Waals surface area contributed by atoms with Gasteiger partial charge < -0.3 is 14.9 Å². The van der Waals surface area contributed by atoms with Crippen LogP contribution in [0.4, 0.5) is 4.79 Å². The van der Waals surface area contributed by atoms with Crippen molar-refractivity contribution in [2.24, 2.45) is 5.92 Å². The molecule has 3 aliphatic rings. The summed E-state index contributed by atoms with van der Waals surface area (Å²) >= 11 is 0. The SMILES string of the molecule is CN1C(=O)N(Cc2ccccc2)C2(CCN(C(=O)C3CC(O)C3)CC2)C1=O. The minimum absolute atomic E-state index is 0.0647. The zero-order chi connectivity index (χ0) is 19.2. The number of likely N-dealkylation sites (tertiary alicyclic amines) is 1. The third kappa shape index (κ3) is 2.90. The zero-order valence-electron chi connectivity index (χ0n) is 15.5. The highest BCUT2D eigenvalue weighted by atomic mass is 16.3. The van der Waals surface area contributed by atoms with Crippen molar-refractivity contribution in [2.75, 3.05) is 20.1 Å². The van der Waals surface area contributed by atoms with Gasteiger partial charge in [-0.1, -0.05) is 30.3 Å². The summed E-state index contributed by atoms with van der Waals surface area (Å²) in [6, 6.07) is 9.38. The smallest absolute Gasteiger partial charge is 0.327 e. The lowest BCUT2D eigenvalue weighted by atomic mass is 9.80. The summed E-state index contributed by atoms with van der Waals surface area (Å²) in [4.78, 5) is 42.9. The Morgan fingerprint density at radius 2 is 1.78 bits per heavy atom. The van der Waals surface area contributed by atoms with Crippen molar-refractivity contribution in [3.05, 3.63) is 35.9 Å². The van der Waals surface area contributed by atoms with E-state index in [1.165, 1.54) is 11.9 Å². The van der Waals surface area contributed by atoms with Crippen LogP contribution in [0.15, 0.2) is 30.3 Å². The maximum absolute atomic E-state index is 12.9. The Bertz CT molecular complexity index is 752. The van der Waals surface area contributed by atoms with Gasteiger partial charge in [0.05, 0.1) is 6.10 Å². The molecular formula is C20H25N3O4. The van der Waals surface area contributed by atoms with Crippen molar-refractivity contribution >= 4 is 17.8 Å². The first-order chi connectivity index (χ1) is 12.9. The Hall–Kier alpha value is -2.41. The first-order valence-corrected chi connectivity index (χ1v) is 9.53. The number of aliphatic hydroxyl groups is 1. The Balaban J connectivity index is 1.50. The quantitative estimate of drug-likeness (QED) is 0.810. The van der Waals surface area contributed by atoms with Crippen molar-refractivity contribution in [2.45, 2.75) is 43.9 Å². The van der Waals surface area contributed by atoms with Crippen LogP contribution in [0.5, 0.6) is 0 Å². The second kappa shape index (κ2) is 6.64. The van der Waals surface area contributed by atoms with E-state index in [9.17, 15) is 19.5 Å². The molecule has 0 radical (unpaired) electrons. The second-order valence-electron chi connectivity index (χ2n) is 7.90. The molecule has 2 aliphatic heterocycles. The number of likely N-dealkylation sites (N-methyl/N-ethyl adjacent to an activating group) is 1. The highest BCUT2D eigenvalue weighted by Crippen LogP contribution is 2.39. The molecule has 0 aromatic heterocycles. The van der Waals surface area contributed by atoms with E-state index in [1.54, 1.807) is 9.80 Å². The molecule has 0 unspecified atom stereocenters. The van der Waals surface area contributed by atoms with Crippen LogP contribution in [-0.2, 0) is 16.1 Å². The lowest BCUT2D eigenvalue weighted by Crippen LogP contribution is -2.58. The fourth-order valence-electron chi connectivity index (χ4n) is 4.49. The van der Waals surface area contributed by atoms with E-state index in [2.05, 4.69) is 0 Å². The number of urea groups is 1. The minimum atomic E-state index is -0.864. The molecule has 2 heterocycles. The molecule has 1 aliphatic carbocycles. The van der Waals surface area contributed by atoms with Crippen molar-refractivity contribution in [1.82, 2.24) is 14.7 Å². The fourth-order valence-corrected chi connectivity index (χ4v) is 4.49. The number of amides is 4. The number of carbonyl (C=O) groups excluding carboxylic acids is 3. The molecule has 4 amide bonds. The summed E-state index contributed by atoms with van der Waals surface area (Å²) in [5, 5.41) is 9.44. The number of aliphatic hydroxyl groups excluding tert-OH is 1. The van der Waals surface area contributed by atoms with Gasteiger partial charge in [0.15, 0.2) is 0 Å². The van der Waals surface area contributed by atoms with Crippen LogP contribution >= 0.6 is 0 Å². The number of carbonyl (C=O) groups is 3. The number of benzene rings is 1. The molecule has 2 saturated heterocycles. The summed E-state index contributed by atoms with van der Waals surface area (Å²) in [6.45, 7) is 1.31. The summed E-state index contributed by atoms with van der Waals surface area (Å²) < 4.78 is 0. The molecule has 1 N–H and O–H groups in total. The van der Waals surface area contributed by atoms with E-state index in [1.807, 2.05) is 30.3 Å². The molecule has 4 rings (SSSR count). The summed E-state index contributed by atoms with van der Waals surface area (Å²) in [5.41, 5.74) is 0.118. The molecule has 3 fully saturated rings. The number of imide groups is 1. The molecule has 0 atom stereocenters. The largest absolute Gasteiger partial charge is 0.393 e. The van der Waals surface area contributed by atoms with E-state index in [0.29, 0.717) is 45.3 Å². The standard InChI is InChI=1S/C20H25N3O4/c1-21-18(26)20(23(19(21)27)13-14-5-3-2-4-6-14)7-9-22(10-8-20)17(25)15-11-16(24)12-15/h2-6,15-16,24H,7-13H2,1H3. The van der Waals surface area contributed by atoms with Gasteiger partial charge in [-0.15, -0.1) is 0 Å². The van der Waals surface area contributed by atoms with Gasteiger partial charge in [0.2, 0.25) is 5.91 Å². The third-order valence-electron chi connectivity index (χ3n) is 6.29. The van der Waals surface area contributed by atoms with Crippen LogP contribution in [0.3, 0.4) is 0 Å². The molecule has 7 nitrogen and oxygen atoms in total. The van der Waals surface area contributed by atoms with Gasteiger partial charge in [-0.3, -0.25) is 14.5 Å². The van der Waals surface area contributed by atoms with Gasteiger partial charge in [-0.05, 0) is 31.2 Å². The van der Waals surface area contributed by atoms with Crippen LogP contribution in [0, 0.1) is 5.92 Å². The van der Waals surface area contributed by atoms with Crippen molar-refractivity contribution in [3.8, 4) is 0 Å². The van der Waals surface area contributed by atoms with Gasteiger partial charge in [0.25, 0.3) is 5.91 Å². The summed E-state index contributed by atoms with van der Waals surface area (Å²) in [5.74, 6) is -0.206. The van der Waals surface area contributed by atoms with E-state index < -0.39 is 5.54 Å². The lowest BCUT2D eigenvalue weighted by Gasteiger charge is -2.44. The number of piperidine rings is 1. The van der Waals surface area contributed by atoms with Crippen molar-refractivity contribution < 1.29 is 19.5 Å². The molecule has 0 bridgehead atoms. The van der Waals surface area contributed by atoms with Crippen LogP contribution < -0.4 is 0 Å². The average Bonchev–Trinajstić information content (AvgIpc) is 2.83. The number of nitrogens with zero attached hydrogens (tertiary/aromatic N) is 3. The van der Waals surface area contributed by atoms with Crippen molar-refractivity contribution in [1.29, 1.82) is 0 Å². The van der Waals surface area contributed by atoms with Crippen LogP contribution in [0.25, 0.3) is 0 Å². The fraction of sp³-hybridized carbons (Fsp3) is 0.550. The van der Waals surface area contributed by atoms with Gasteiger partial charge in [0.1, 0.15) is 5.54 Å². The van der Waals surface area contributed by atoms with Crippen molar-refractivity contribution in [3.63, 3.8) is 0 Å². The highest BCUT2D eigenvalue weighted by Gasteiger charge is 2.57. The normalized spacial score (nSPS) is 27.3. The molecule has 1 aromatic carbocycles. The van der Waals surface area contributed by atoms with E-state index in [4.69, 9.17) is 0 Å². The Morgan fingerprint density at radius 1 is 1.15 bits per heavy atom. The molecule has 7 heteroatoms. The first-order valence-electron chi connectivity index (χ1n) is 9.53. The molecule has 1 aromatic rings. The van der Waals surface area contributed by atoms with E-state index in [0.717, 1.165) is 5.56 Å². The van der Waals surface area contributed by atoms with Gasteiger partial charge >= 0.3 is 6.03 Å². The Kier molecular flexibility index (Phi) is 4.42. The van der Waals surface area contributed by atoms with E-state index in [-0.39, 0.29) is 29.9 Å². The third-order valence-corrected chi connectivity index (χ3v) is 6.29. The van der Waals surface area contributed by atoms with Crippen LogP contribution in [-0.4, -0.2) is 69.4 Å². The molecule has 27 heavy (non-hydrogen) atoms. The first kappa shape index (κ1) is 18.0. The number of hydrogen-bond donors (Lipinski definition) is 1. The van der Waals surface area contributed by atoms with Crippen LogP contribution in [0.2, 0.25) is 0 Å². The predicted octanol–water partition coefficient (Wildman–Crippen LogP) is 1.21. The molecule has 1 spiro atoms. The maximum Gasteiger partial charge on any atom is 0.327 e. The maximum atomic E-state index is 12.9.